The lowest BCUT2D eigenvalue weighted by Gasteiger charge is -2.39. The number of hydrogen-bond donors (Lipinski definition) is 5. The highest BCUT2D eigenvalue weighted by molar-refractivity contribution is 6.03. The molecule has 6 N–H and O–H groups in total. The fourth-order valence-corrected chi connectivity index (χ4v) is 6.21. The van der Waals surface area contributed by atoms with Gasteiger partial charge in [-0.05, 0) is 36.4 Å². The van der Waals surface area contributed by atoms with E-state index < -0.39 is 93.0 Å². The second-order valence-electron chi connectivity index (χ2n) is 11.8. The van der Waals surface area contributed by atoms with Crippen molar-refractivity contribution in [3.63, 3.8) is 0 Å². The van der Waals surface area contributed by atoms with E-state index in [2.05, 4.69) is 20.3 Å². The number of carboxylic acids is 1. The summed E-state index contributed by atoms with van der Waals surface area (Å²) in [5, 5.41) is 31.0. The summed E-state index contributed by atoms with van der Waals surface area (Å²) < 4.78 is 76.2. The van der Waals surface area contributed by atoms with E-state index in [0.717, 1.165) is 12.1 Å². The zero-order chi connectivity index (χ0) is 36.3. The number of benzene rings is 2. The molecule has 14 nitrogen and oxygen atoms in total. The van der Waals surface area contributed by atoms with E-state index >= 15 is 17.6 Å². The first-order chi connectivity index (χ1) is 24.3. The van der Waals surface area contributed by atoms with Gasteiger partial charge in [0.05, 0.1) is 29.6 Å². The summed E-state index contributed by atoms with van der Waals surface area (Å²) in [6, 6.07) is 6.16. The quantitative estimate of drug-likeness (QED) is 0.112. The Labute approximate surface area is 285 Å². The van der Waals surface area contributed by atoms with Gasteiger partial charge in [-0.1, -0.05) is 0 Å². The third kappa shape index (κ3) is 5.53. The van der Waals surface area contributed by atoms with Crippen molar-refractivity contribution in [2.24, 2.45) is 10.7 Å². The Morgan fingerprint density at radius 2 is 1.90 bits per heavy atom. The Morgan fingerprint density at radius 1 is 1.12 bits per heavy atom. The number of halogens is 4. The maximum atomic E-state index is 16.6. The number of likely N-dealkylation sites (N-methyl/N-ethyl adjacent to an activating group) is 1. The number of aromatic nitrogens is 2. The third-order valence-electron chi connectivity index (χ3n) is 8.66. The van der Waals surface area contributed by atoms with Gasteiger partial charge in [0.25, 0.3) is 5.88 Å². The van der Waals surface area contributed by atoms with E-state index in [4.69, 9.17) is 20.6 Å². The molecular weight excluding hydrogens is 680 g/mol. The van der Waals surface area contributed by atoms with Gasteiger partial charge in [-0.2, -0.15) is 0 Å². The molecule has 0 saturated carbocycles. The minimum absolute atomic E-state index is 0.0585. The highest BCUT2D eigenvalue weighted by atomic mass is 19.1. The van der Waals surface area contributed by atoms with Crippen molar-refractivity contribution < 1.29 is 46.8 Å². The number of rotatable bonds is 6. The molecule has 4 aliphatic rings. The lowest BCUT2D eigenvalue weighted by molar-refractivity contribution is -0.142. The number of fused-ring (bicyclic) bond motifs is 2. The molecule has 1 amide bonds. The number of aromatic hydroxyl groups is 1. The van der Waals surface area contributed by atoms with E-state index in [1.165, 1.54) is 23.1 Å². The first kappa shape index (κ1) is 33.1. The monoisotopic (exact) mass is 706 g/mol. The van der Waals surface area contributed by atoms with Crippen LogP contribution in [0.2, 0.25) is 0 Å². The molecule has 2 atom stereocenters. The average Bonchev–Trinajstić information content (AvgIpc) is 3.52. The second kappa shape index (κ2) is 12.5. The van der Waals surface area contributed by atoms with Crippen molar-refractivity contribution in [1.29, 1.82) is 5.41 Å². The van der Waals surface area contributed by atoms with E-state index in [1.54, 1.807) is 18.0 Å². The van der Waals surface area contributed by atoms with Crippen LogP contribution < -0.4 is 25.4 Å². The van der Waals surface area contributed by atoms with Crippen molar-refractivity contribution in [1.82, 2.24) is 20.2 Å². The Balaban J connectivity index is 1.48. The number of pyridine rings is 2. The molecule has 0 aliphatic carbocycles. The molecule has 4 aliphatic heterocycles. The van der Waals surface area contributed by atoms with Crippen molar-refractivity contribution in [3.05, 3.63) is 82.7 Å². The summed E-state index contributed by atoms with van der Waals surface area (Å²) in [5.74, 6) is -14.8. The molecule has 1 saturated heterocycles. The molecule has 0 spiro atoms. The van der Waals surface area contributed by atoms with Gasteiger partial charge in [-0.25, -0.2) is 27.5 Å². The van der Waals surface area contributed by atoms with Gasteiger partial charge in [-0.15, -0.1) is 0 Å². The highest BCUT2D eigenvalue weighted by Crippen LogP contribution is 2.44. The number of phenolic OH excluding ortho intramolecular Hbond substituents is 1. The number of carbonyl (C=O) groups excluding carboxylic acids is 1. The number of aliphatic imine (C=N–C) groups is 1. The Morgan fingerprint density at radius 3 is 2.61 bits per heavy atom. The molecule has 6 heterocycles. The Hall–Kier alpha value is -6.46. The number of aliphatic carboxylic acids is 1. The number of nitrogens with zero attached hydrogens (tertiary/aromatic N) is 5. The van der Waals surface area contributed by atoms with E-state index in [0.29, 0.717) is 30.8 Å². The van der Waals surface area contributed by atoms with Gasteiger partial charge in [0, 0.05) is 37.9 Å². The maximum absolute atomic E-state index is 16.6. The standard InChI is InChI=1S/C33H26F4N8O6/c1-44-8-6-40-30(44)15-11-14-3-5-18(15)50-28-23(36)25(43-26(24(28)37)21(33(48)49)27-31(47)41-7-9-45(14)27)20-16(34)12-42-32(22(20)35)51-19-10-13(29(38)39)2-4-17(19)46/h2-5,10-12,21,27,46H,6-9H2,1H3,(H3,38,39)(H,41,47)(H,48,49). The predicted octanol–water partition coefficient (Wildman–Crippen LogP) is 3.45. The van der Waals surface area contributed by atoms with Gasteiger partial charge in [0.2, 0.25) is 11.7 Å². The average molecular weight is 707 g/mol. The first-order valence-corrected chi connectivity index (χ1v) is 15.3. The van der Waals surface area contributed by atoms with Crippen molar-refractivity contribution in [2.45, 2.75) is 12.0 Å². The van der Waals surface area contributed by atoms with Crippen LogP contribution in [0.15, 0.2) is 47.6 Å². The number of nitrogens with two attached hydrogens (primary N) is 1. The molecule has 8 rings (SSSR count). The molecule has 4 bridgehead atoms. The molecule has 1 fully saturated rings. The number of phenols is 1. The van der Waals surface area contributed by atoms with Crippen LogP contribution in [0.5, 0.6) is 28.9 Å². The molecule has 2 aromatic heterocycles. The largest absolute Gasteiger partial charge is 0.504 e. The summed E-state index contributed by atoms with van der Waals surface area (Å²) in [4.78, 5) is 41.5. The number of anilines is 1. The molecule has 18 heteroatoms. The molecular formula is C33H26F4N8O6. The number of piperazine rings is 1. The van der Waals surface area contributed by atoms with Crippen LogP contribution in [0.4, 0.5) is 23.2 Å². The number of amidine groups is 2. The summed E-state index contributed by atoms with van der Waals surface area (Å²) in [7, 11) is 1.73. The lowest BCUT2D eigenvalue weighted by atomic mass is 9.90. The number of hydrogen-bond acceptors (Lipinski definition) is 11. The molecule has 2 aromatic carbocycles. The van der Waals surface area contributed by atoms with Crippen LogP contribution in [0.1, 0.15) is 22.7 Å². The van der Waals surface area contributed by atoms with Crippen LogP contribution in [0, 0.1) is 28.7 Å². The number of nitrogens with one attached hydrogen (secondary N) is 2. The Bertz CT molecular complexity index is 2200. The van der Waals surface area contributed by atoms with Crippen molar-refractivity contribution >= 4 is 29.2 Å². The summed E-state index contributed by atoms with van der Waals surface area (Å²) in [5.41, 5.74) is 2.59. The zero-order valence-electron chi connectivity index (χ0n) is 26.4. The first-order valence-electron chi connectivity index (χ1n) is 15.3. The SMILES string of the molecule is CN1CCN=C1c1cc2ccc1Oc1c(F)c(-c3c(F)cnc(Oc4cc(C(=N)N)ccc4O)c3F)nc(c1F)C(C(=O)O)C1C(=O)NCCN21. The van der Waals surface area contributed by atoms with Gasteiger partial charge in [0.15, 0.2) is 34.8 Å². The van der Waals surface area contributed by atoms with E-state index in [9.17, 15) is 19.8 Å². The van der Waals surface area contributed by atoms with Crippen molar-refractivity contribution in [3.8, 4) is 40.1 Å². The smallest absolute Gasteiger partial charge is 0.315 e. The normalized spacial score (nSPS) is 18.0. The Kier molecular flexibility index (Phi) is 8.07. The fourth-order valence-electron chi connectivity index (χ4n) is 6.21. The minimum atomic E-state index is -2.16. The second-order valence-corrected chi connectivity index (χ2v) is 11.8. The molecule has 2 unspecified atom stereocenters. The summed E-state index contributed by atoms with van der Waals surface area (Å²) in [6.07, 6.45) is 0.439. The minimum Gasteiger partial charge on any atom is -0.504 e. The van der Waals surface area contributed by atoms with Crippen LogP contribution in [-0.4, -0.2) is 87.9 Å². The van der Waals surface area contributed by atoms with E-state index in [1.807, 2.05) is 0 Å². The molecule has 4 aromatic rings. The van der Waals surface area contributed by atoms with Crippen molar-refractivity contribution in [2.75, 3.05) is 38.1 Å². The third-order valence-corrected chi connectivity index (χ3v) is 8.66. The topological polar surface area (TPSA) is 200 Å². The zero-order valence-corrected chi connectivity index (χ0v) is 26.4. The number of ether oxygens (including phenoxy) is 2. The van der Waals surface area contributed by atoms with Crippen LogP contribution in [-0.2, 0) is 9.59 Å². The summed E-state index contributed by atoms with van der Waals surface area (Å²) in [6.45, 7) is 1.05. The molecule has 0 radical (unpaired) electrons. The van der Waals surface area contributed by atoms with E-state index in [-0.39, 0.29) is 30.0 Å². The molecule has 51 heavy (non-hydrogen) atoms. The van der Waals surface area contributed by atoms with Gasteiger partial charge in [0.1, 0.15) is 35.1 Å². The van der Waals surface area contributed by atoms with Gasteiger partial charge in [-0.3, -0.25) is 20.0 Å². The van der Waals surface area contributed by atoms with Crippen LogP contribution in [0.3, 0.4) is 0 Å². The number of carbonyl (C=O) groups is 2. The van der Waals surface area contributed by atoms with Crippen LogP contribution >= 0.6 is 0 Å². The molecule has 262 valence electrons. The maximum Gasteiger partial charge on any atom is 0.315 e. The van der Waals surface area contributed by atoms with Gasteiger partial charge >= 0.3 is 5.97 Å². The van der Waals surface area contributed by atoms with Crippen LogP contribution in [0.25, 0.3) is 11.3 Å². The number of nitrogen functional groups attached to an aromatic ring is 1. The highest BCUT2D eigenvalue weighted by Gasteiger charge is 2.46. The fraction of sp³-hybridized carbons (Fsp3) is 0.212. The number of amides is 1. The summed E-state index contributed by atoms with van der Waals surface area (Å²) >= 11 is 0. The van der Waals surface area contributed by atoms with Gasteiger partial charge < -0.3 is 40.5 Å². The lowest BCUT2D eigenvalue weighted by Crippen LogP contribution is -2.59. The number of carboxylic acid groups (broad SMARTS) is 1. The predicted molar refractivity (Wildman–Crippen MR) is 172 cm³/mol.